The third-order valence-corrected chi connectivity index (χ3v) is 7.35. The van der Waals surface area contributed by atoms with Crippen molar-refractivity contribution in [3.8, 4) is 17.1 Å². The fraction of sp³-hybridized carbons (Fsp3) is 0.500. The van der Waals surface area contributed by atoms with Crippen LogP contribution in [0.1, 0.15) is 49.5 Å². The largest absolute Gasteiger partial charge is 0.467 e. The number of hydrogen-bond acceptors (Lipinski definition) is 6. The van der Waals surface area contributed by atoms with Gasteiger partial charge < -0.3 is 9.64 Å². The number of fused-ring (bicyclic) bond motifs is 1. The van der Waals surface area contributed by atoms with Crippen LogP contribution in [0.5, 0.6) is 6.01 Å². The van der Waals surface area contributed by atoms with Gasteiger partial charge in [-0.1, -0.05) is 18.9 Å². The molecule has 0 N–H and O–H groups in total. The topological polar surface area (TPSA) is 51.1 Å². The summed E-state index contributed by atoms with van der Waals surface area (Å²) in [6.45, 7) is 2.59. The van der Waals surface area contributed by atoms with Crippen LogP contribution < -0.4 is 4.74 Å². The first-order valence-corrected chi connectivity index (χ1v) is 11.1. The minimum Gasteiger partial charge on any atom is -0.467 e. The van der Waals surface area contributed by atoms with Crippen LogP contribution in [0.3, 0.4) is 0 Å². The molecule has 3 heterocycles. The molecule has 146 valence electrons. The van der Waals surface area contributed by atoms with Crippen LogP contribution in [0, 0.1) is 0 Å². The predicted octanol–water partition coefficient (Wildman–Crippen LogP) is 4.88. The molecule has 2 aromatic heterocycles. The van der Waals surface area contributed by atoms with Crippen molar-refractivity contribution in [2.24, 2.45) is 0 Å². The van der Waals surface area contributed by atoms with E-state index in [1.165, 1.54) is 61.3 Å². The lowest BCUT2D eigenvalue weighted by Gasteiger charge is -2.42. The first kappa shape index (κ1) is 18.0. The van der Waals surface area contributed by atoms with Crippen molar-refractivity contribution in [1.82, 2.24) is 19.9 Å². The van der Waals surface area contributed by atoms with Crippen LogP contribution in [-0.2, 0) is 0 Å². The molecule has 0 unspecified atom stereocenters. The summed E-state index contributed by atoms with van der Waals surface area (Å²) in [7, 11) is 1.58. The minimum absolute atomic E-state index is 0.397. The van der Waals surface area contributed by atoms with Crippen molar-refractivity contribution < 1.29 is 4.74 Å². The molecule has 6 heteroatoms. The Morgan fingerprint density at radius 3 is 2.46 bits per heavy atom. The molecule has 28 heavy (non-hydrogen) atoms. The Bertz CT molecular complexity index is 941. The zero-order valence-electron chi connectivity index (χ0n) is 16.3. The number of methoxy groups -OCH3 is 1. The summed E-state index contributed by atoms with van der Waals surface area (Å²) in [6.07, 6.45) is 11.7. The lowest BCUT2D eigenvalue weighted by atomic mass is 9.79. The maximum atomic E-state index is 5.05. The van der Waals surface area contributed by atoms with Gasteiger partial charge in [0.2, 0.25) is 0 Å². The number of thiazole rings is 1. The van der Waals surface area contributed by atoms with E-state index in [1.54, 1.807) is 7.11 Å². The summed E-state index contributed by atoms with van der Waals surface area (Å²) >= 11 is 1.86. The van der Waals surface area contributed by atoms with Gasteiger partial charge in [-0.25, -0.2) is 15.0 Å². The minimum atomic E-state index is 0.397. The second-order valence-electron chi connectivity index (χ2n) is 7.97. The van der Waals surface area contributed by atoms with E-state index in [0.29, 0.717) is 11.9 Å². The van der Waals surface area contributed by atoms with Crippen molar-refractivity contribution in [3.05, 3.63) is 35.6 Å². The lowest BCUT2D eigenvalue weighted by Crippen LogP contribution is -2.44. The molecule has 0 bridgehead atoms. The third-order valence-electron chi connectivity index (χ3n) is 6.17. The number of rotatable bonds is 4. The van der Waals surface area contributed by atoms with Gasteiger partial charge in [0.1, 0.15) is 0 Å². The third kappa shape index (κ3) is 3.51. The van der Waals surface area contributed by atoms with Gasteiger partial charge >= 0.3 is 6.01 Å². The molecule has 1 aromatic carbocycles. The van der Waals surface area contributed by atoms with E-state index in [0.717, 1.165) is 22.7 Å². The zero-order chi connectivity index (χ0) is 18.9. The number of aromatic nitrogens is 3. The van der Waals surface area contributed by atoms with E-state index >= 15 is 0 Å². The highest BCUT2D eigenvalue weighted by atomic mass is 32.1. The Morgan fingerprint density at radius 1 is 1.00 bits per heavy atom. The fourth-order valence-corrected chi connectivity index (χ4v) is 5.55. The van der Waals surface area contributed by atoms with Crippen molar-refractivity contribution in [1.29, 1.82) is 0 Å². The maximum absolute atomic E-state index is 5.05. The van der Waals surface area contributed by atoms with Gasteiger partial charge in [0.05, 0.1) is 22.3 Å². The molecule has 0 amide bonds. The molecule has 0 spiro atoms. The Kier molecular flexibility index (Phi) is 4.99. The Labute approximate surface area is 169 Å². The van der Waals surface area contributed by atoms with E-state index in [9.17, 15) is 0 Å². The van der Waals surface area contributed by atoms with Crippen molar-refractivity contribution in [2.75, 3.05) is 20.2 Å². The molecule has 1 saturated carbocycles. The highest BCUT2D eigenvalue weighted by Crippen LogP contribution is 2.43. The van der Waals surface area contributed by atoms with Crippen LogP contribution in [0.2, 0.25) is 0 Å². The molecule has 0 radical (unpaired) electrons. The summed E-state index contributed by atoms with van der Waals surface area (Å²) in [5.41, 5.74) is 3.24. The fourth-order valence-electron chi connectivity index (χ4n) is 4.42. The van der Waals surface area contributed by atoms with Crippen LogP contribution in [0.25, 0.3) is 21.3 Å². The summed E-state index contributed by atoms with van der Waals surface area (Å²) in [5.74, 6) is 0.637. The quantitative estimate of drug-likeness (QED) is 0.631. The van der Waals surface area contributed by atoms with E-state index < -0.39 is 0 Å². The van der Waals surface area contributed by atoms with Crippen LogP contribution in [0.15, 0.2) is 30.6 Å². The van der Waals surface area contributed by atoms with E-state index in [-0.39, 0.29) is 0 Å². The summed E-state index contributed by atoms with van der Waals surface area (Å²) in [4.78, 5) is 16.1. The number of benzene rings is 1. The molecule has 0 atom stereocenters. The Balaban J connectivity index is 1.30. The number of likely N-dealkylation sites (tertiary alicyclic amines) is 1. The monoisotopic (exact) mass is 394 g/mol. The number of nitrogens with zero attached hydrogens (tertiary/aromatic N) is 4. The Hall–Kier alpha value is -2.05. The number of hydrogen-bond donors (Lipinski definition) is 0. The molecule has 3 aromatic rings. The van der Waals surface area contributed by atoms with Gasteiger partial charge in [-0.3, -0.25) is 0 Å². The summed E-state index contributed by atoms with van der Waals surface area (Å²) in [5, 5.41) is 1.31. The van der Waals surface area contributed by atoms with Gasteiger partial charge in [-0.15, -0.1) is 11.3 Å². The molecule has 2 fully saturated rings. The van der Waals surface area contributed by atoms with Gasteiger partial charge in [0, 0.05) is 29.9 Å². The average molecular weight is 395 g/mol. The summed E-state index contributed by atoms with van der Waals surface area (Å²) in [6, 6.07) is 7.63. The first-order valence-electron chi connectivity index (χ1n) is 10.3. The first-order chi connectivity index (χ1) is 13.8. The maximum Gasteiger partial charge on any atom is 0.316 e. The highest BCUT2D eigenvalue weighted by Gasteiger charge is 2.36. The second-order valence-corrected chi connectivity index (χ2v) is 9.03. The van der Waals surface area contributed by atoms with Crippen LogP contribution >= 0.6 is 11.3 Å². The molecular weight excluding hydrogens is 368 g/mol. The van der Waals surface area contributed by atoms with Gasteiger partial charge in [0.25, 0.3) is 0 Å². The molecular formula is C22H26N4OS. The van der Waals surface area contributed by atoms with Crippen molar-refractivity contribution >= 4 is 21.6 Å². The molecule has 1 aliphatic heterocycles. The standard InChI is InChI=1S/C22H26N4OS/c1-27-22-23-13-17(14-24-22)15-6-7-19-20(12-15)28-21(25-19)16-10-18(11-16)26-8-4-2-3-5-9-26/h6-7,12-14,16,18H,2-5,8-11H2,1H3/t16-,18-. The molecule has 5 nitrogen and oxygen atoms in total. The molecule has 1 saturated heterocycles. The average Bonchev–Trinajstić information content (AvgIpc) is 2.92. The SMILES string of the molecule is COc1ncc(-c2ccc3nc([C@H]4C[C@H](N5CCCCCC5)C4)sc3c2)cn1. The molecule has 5 rings (SSSR count). The van der Waals surface area contributed by atoms with E-state index in [4.69, 9.17) is 9.72 Å². The normalized spacial score (nSPS) is 23.3. The van der Waals surface area contributed by atoms with Gasteiger partial charge in [-0.05, 0) is 56.5 Å². The summed E-state index contributed by atoms with van der Waals surface area (Å²) < 4.78 is 6.30. The lowest BCUT2D eigenvalue weighted by molar-refractivity contribution is 0.113. The highest BCUT2D eigenvalue weighted by molar-refractivity contribution is 7.18. The second kappa shape index (κ2) is 7.76. The van der Waals surface area contributed by atoms with E-state index in [1.807, 2.05) is 23.7 Å². The van der Waals surface area contributed by atoms with Gasteiger partial charge in [0.15, 0.2) is 0 Å². The van der Waals surface area contributed by atoms with Crippen LogP contribution in [-0.4, -0.2) is 46.1 Å². The van der Waals surface area contributed by atoms with Gasteiger partial charge in [-0.2, -0.15) is 0 Å². The van der Waals surface area contributed by atoms with Crippen molar-refractivity contribution in [3.63, 3.8) is 0 Å². The molecule has 2 aliphatic rings. The zero-order valence-corrected chi connectivity index (χ0v) is 17.1. The van der Waals surface area contributed by atoms with Crippen LogP contribution in [0.4, 0.5) is 0 Å². The Morgan fingerprint density at radius 2 is 1.75 bits per heavy atom. The smallest absolute Gasteiger partial charge is 0.316 e. The predicted molar refractivity (Wildman–Crippen MR) is 113 cm³/mol. The molecule has 1 aliphatic carbocycles. The van der Waals surface area contributed by atoms with E-state index in [2.05, 4.69) is 33.1 Å². The van der Waals surface area contributed by atoms with Crippen molar-refractivity contribution in [2.45, 2.75) is 50.5 Å². The number of ether oxygens (including phenoxy) is 1.